The van der Waals surface area contributed by atoms with Crippen molar-refractivity contribution in [1.29, 1.82) is 0 Å². The van der Waals surface area contributed by atoms with Gasteiger partial charge in [-0.3, -0.25) is 0 Å². The van der Waals surface area contributed by atoms with Gasteiger partial charge >= 0.3 is 0 Å². The van der Waals surface area contributed by atoms with E-state index in [4.69, 9.17) is 0 Å². The summed E-state index contributed by atoms with van der Waals surface area (Å²) in [6, 6.07) is 3.25. The largest absolute Gasteiger partial charge is 0.388 e. The number of aliphatic hydroxyl groups excluding tert-OH is 1. The molecule has 16 heavy (non-hydrogen) atoms. The molecule has 1 aromatic carbocycles. The van der Waals surface area contributed by atoms with Crippen molar-refractivity contribution >= 4 is 12.4 Å². The van der Waals surface area contributed by atoms with Crippen molar-refractivity contribution in [3.8, 4) is 0 Å². The average molecular weight is 249 g/mol. The first-order valence-electron chi connectivity index (χ1n) is 5.31. The van der Waals surface area contributed by atoms with Crippen LogP contribution in [0.4, 0.5) is 8.78 Å². The van der Waals surface area contributed by atoms with Gasteiger partial charge in [0, 0.05) is 6.07 Å². The van der Waals surface area contributed by atoms with Crippen LogP contribution < -0.4 is 0 Å². The second-order valence-corrected chi connectivity index (χ2v) is 4.19. The molecule has 0 spiro atoms. The fourth-order valence-electron chi connectivity index (χ4n) is 2.29. The smallest absolute Gasteiger partial charge is 0.126 e. The Bertz CT molecular complexity index is 331. The molecule has 1 aliphatic carbocycles. The third-order valence-corrected chi connectivity index (χ3v) is 3.07. The van der Waals surface area contributed by atoms with E-state index in [0.29, 0.717) is 5.56 Å². The Hall–Kier alpha value is -0.670. The van der Waals surface area contributed by atoms with Crippen LogP contribution in [-0.2, 0) is 0 Å². The number of rotatable bonds is 2. The van der Waals surface area contributed by atoms with E-state index >= 15 is 0 Å². The molecule has 0 aromatic heterocycles. The van der Waals surface area contributed by atoms with E-state index in [-0.39, 0.29) is 18.3 Å². The first-order valence-corrected chi connectivity index (χ1v) is 5.31. The lowest BCUT2D eigenvalue weighted by atomic mass is 9.94. The molecule has 0 unspecified atom stereocenters. The van der Waals surface area contributed by atoms with Crippen molar-refractivity contribution in [3.63, 3.8) is 0 Å². The Balaban J connectivity index is 0.00000128. The number of benzene rings is 1. The summed E-state index contributed by atoms with van der Waals surface area (Å²) < 4.78 is 25.8. The molecule has 4 heteroatoms. The number of aliphatic hydroxyl groups is 1. The van der Waals surface area contributed by atoms with Crippen molar-refractivity contribution in [1.82, 2.24) is 0 Å². The first kappa shape index (κ1) is 13.4. The van der Waals surface area contributed by atoms with Gasteiger partial charge in [0.05, 0.1) is 6.10 Å². The summed E-state index contributed by atoms with van der Waals surface area (Å²) in [7, 11) is 0. The zero-order chi connectivity index (χ0) is 10.8. The Morgan fingerprint density at radius 3 is 2.06 bits per heavy atom. The molecule has 2 rings (SSSR count). The van der Waals surface area contributed by atoms with E-state index in [1.54, 1.807) is 0 Å². The van der Waals surface area contributed by atoms with Crippen LogP contribution in [0, 0.1) is 17.6 Å². The molecule has 0 aliphatic heterocycles. The Labute approximate surface area is 99.9 Å². The third kappa shape index (κ3) is 2.92. The van der Waals surface area contributed by atoms with Crippen LogP contribution in [-0.4, -0.2) is 5.11 Å². The van der Waals surface area contributed by atoms with E-state index in [1.165, 1.54) is 12.1 Å². The lowest BCUT2D eigenvalue weighted by Crippen LogP contribution is -2.09. The van der Waals surface area contributed by atoms with Gasteiger partial charge in [0.15, 0.2) is 0 Å². The van der Waals surface area contributed by atoms with Gasteiger partial charge in [-0.1, -0.05) is 12.8 Å². The Morgan fingerprint density at radius 2 is 1.56 bits per heavy atom. The molecule has 1 saturated carbocycles. The molecule has 0 amide bonds. The van der Waals surface area contributed by atoms with Crippen molar-refractivity contribution in [2.45, 2.75) is 31.8 Å². The minimum Gasteiger partial charge on any atom is -0.388 e. The third-order valence-electron chi connectivity index (χ3n) is 3.07. The summed E-state index contributed by atoms with van der Waals surface area (Å²) in [5, 5.41) is 9.94. The van der Waals surface area contributed by atoms with E-state index in [1.807, 2.05) is 0 Å². The monoisotopic (exact) mass is 248 g/mol. The number of hydrogen-bond donors (Lipinski definition) is 1. The predicted octanol–water partition coefficient (Wildman–Crippen LogP) is 3.61. The van der Waals surface area contributed by atoms with Gasteiger partial charge in [0.25, 0.3) is 0 Å². The van der Waals surface area contributed by atoms with E-state index in [0.717, 1.165) is 31.7 Å². The molecule has 0 saturated heterocycles. The van der Waals surface area contributed by atoms with Crippen molar-refractivity contribution in [2.75, 3.05) is 0 Å². The van der Waals surface area contributed by atoms with E-state index in [2.05, 4.69) is 0 Å². The highest BCUT2D eigenvalue weighted by Crippen LogP contribution is 2.35. The molecule has 1 fully saturated rings. The second-order valence-electron chi connectivity index (χ2n) is 4.19. The average Bonchev–Trinajstić information content (AvgIpc) is 2.67. The highest BCUT2D eigenvalue weighted by atomic mass is 35.5. The lowest BCUT2D eigenvalue weighted by Gasteiger charge is -2.17. The van der Waals surface area contributed by atoms with Gasteiger partial charge in [-0.25, -0.2) is 8.78 Å². The zero-order valence-corrected chi connectivity index (χ0v) is 9.64. The summed E-state index contributed by atoms with van der Waals surface area (Å²) in [6.07, 6.45) is 3.36. The van der Waals surface area contributed by atoms with Crippen LogP contribution in [0.25, 0.3) is 0 Å². The molecule has 0 heterocycles. The molecule has 1 aromatic rings. The standard InChI is InChI=1S/C12H14F2O.ClH/c13-10-5-9(6-11(14)7-10)12(15)8-3-1-2-4-8;/h5-8,12,15H,1-4H2;1H/t12-;/m1./s1. The maximum atomic E-state index is 12.9. The van der Waals surface area contributed by atoms with Gasteiger partial charge in [-0.2, -0.15) is 0 Å². The molecule has 0 bridgehead atoms. The van der Waals surface area contributed by atoms with Crippen molar-refractivity contribution in [3.05, 3.63) is 35.4 Å². The van der Waals surface area contributed by atoms with Crippen molar-refractivity contribution < 1.29 is 13.9 Å². The van der Waals surface area contributed by atoms with Crippen LogP contribution in [0.1, 0.15) is 37.4 Å². The number of halogens is 3. The quantitative estimate of drug-likeness (QED) is 0.848. The number of hydrogen-bond acceptors (Lipinski definition) is 1. The highest BCUT2D eigenvalue weighted by Gasteiger charge is 2.25. The SMILES string of the molecule is Cl.O[C@@H](c1cc(F)cc(F)c1)C1CCCC1. The van der Waals surface area contributed by atoms with Gasteiger partial charge in [-0.05, 0) is 36.5 Å². The zero-order valence-electron chi connectivity index (χ0n) is 8.83. The molecule has 1 atom stereocenters. The predicted molar refractivity (Wildman–Crippen MR) is 60.5 cm³/mol. The minimum atomic E-state index is -0.724. The summed E-state index contributed by atoms with van der Waals surface area (Å²) >= 11 is 0. The van der Waals surface area contributed by atoms with Gasteiger partial charge in [0.2, 0.25) is 0 Å². The van der Waals surface area contributed by atoms with Gasteiger partial charge in [-0.15, -0.1) is 12.4 Å². The minimum absolute atomic E-state index is 0. The van der Waals surface area contributed by atoms with E-state index in [9.17, 15) is 13.9 Å². The molecule has 90 valence electrons. The van der Waals surface area contributed by atoms with Crippen molar-refractivity contribution in [2.24, 2.45) is 5.92 Å². The molecular weight excluding hydrogens is 234 g/mol. The normalized spacial score (nSPS) is 18.2. The molecule has 0 radical (unpaired) electrons. The molecule has 1 N–H and O–H groups in total. The fourth-order valence-corrected chi connectivity index (χ4v) is 2.29. The Morgan fingerprint density at radius 1 is 1.06 bits per heavy atom. The molecule has 1 nitrogen and oxygen atoms in total. The summed E-state index contributed by atoms with van der Waals surface area (Å²) in [6.45, 7) is 0. The van der Waals surface area contributed by atoms with Crippen LogP contribution in [0.15, 0.2) is 18.2 Å². The second kappa shape index (κ2) is 5.60. The van der Waals surface area contributed by atoms with Gasteiger partial charge < -0.3 is 5.11 Å². The fraction of sp³-hybridized carbons (Fsp3) is 0.500. The van der Waals surface area contributed by atoms with E-state index < -0.39 is 17.7 Å². The summed E-state index contributed by atoms with van der Waals surface area (Å²) in [5.41, 5.74) is 0.361. The van der Waals surface area contributed by atoms with Gasteiger partial charge in [0.1, 0.15) is 11.6 Å². The highest BCUT2D eigenvalue weighted by molar-refractivity contribution is 5.85. The molecular formula is C12H15ClF2O. The maximum Gasteiger partial charge on any atom is 0.126 e. The first-order chi connectivity index (χ1) is 7.16. The lowest BCUT2D eigenvalue weighted by molar-refractivity contribution is 0.111. The van der Waals surface area contributed by atoms with Crippen LogP contribution in [0.3, 0.4) is 0 Å². The van der Waals surface area contributed by atoms with Crippen LogP contribution >= 0.6 is 12.4 Å². The van der Waals surface area contributed by atoms with Crippen LogP contribution in [0.5, 0.6) is 0 Å². The topological polar surface area (TPSA) is 20.2 Å². The summed E-state index contributed by atoms with van der Waals surface area (Å²) in [5.74, 6) is -1.09. The summed E-state index contributed by atoms with van der Waals surface area (Å²) in [4.78, 5) is 0. The maximum absolute atomic E-state index is 12.9. The Kier molecular flexibility index (Phi) is 4.69. The molecule has 1 aliphatic rings. The van der Waals surface area contributed by atoms with Crippen LogP contribution in [0.2, 0.25) is 0 Å².